The molecule has 1 aliphatic heterocycles. The third kappa shape index (κ3) is 3.50. The third-order valence-corrected chi connectivity index (χ3v) is 4.85. The second-order valence-electron chi connectivity index (χ2n) is 6.09. The molecule has 1 aromatic heterocycles. The van der Waals surface area contributed by atoms with Crippen LogP contribution in [0.4, 0.5) is 0 Å². The summed E-state index contributed by atoms with van der Waals surface area (Å²) in [4.78, 5) is 6.57. The SMILES string of the molecule is CC(C)(C(Cc1ccncc1Cl)NN)N1CCCCC1. The van der Waals surface area contributed by atoms with Gasteiger partial charge >= 0.3 is 0 Å². The van der Waals surface area contributed by atoms with Gasteiger partial charge in [-0.1, -0.05) is 18.0 Å². The molecule has 112 valence electrons. The molecule has 5 heteroatoms. The molecule has 4 nitrogen and oxygen atoms in total. The quantitative estimate of drug-likeness (QED) is 0.647. The van der Waals surface area contributed by atoms with Crippen molar-refractivity contribution >= 4 is 11.6 Å². The van der Waals surface area contributed by atoms with Crippen LogP contribution < -0.4 is 11.3 Å². The lowest BCUT2D eigenvalue weighted by atomic mass is 9.86. The second-order valence-corrected chi connectivity index (χ2v) is 6.50. The molecule has 0 aliphatic carbocycles. The second kappa shape index (κ2) is 6.85. The maximum atomic E-state index is 6.22. The minimum absolute atomic E-state index is 0.00175. The van der Waals surface area contributed by atoms with E-state index in [2.05, 4.69) is 29.2 Å². The summed E-state index contributed by atoms with van der Waals surface area (Å²) in [6.07, 6.45) is 8.17. The topological polar surface area (TPSA) is 54.2 Å². The summed E-state index contributed by atoms with van der Waals surface area (Å²) >= 11 is 6.22. The number of nitrogens with zero attached hydrogens (tertiary/aromatic N) is 2. The van der Waals surface area contributed by atoms with Gasteiger partial charge in [0.05, 0.1) is 5.02 Å². The highest BCUT2D eigenvalue weighted by molar-refractivity contribution is 6.31. The molecule has 1 aliphatic rings. The monoisotopic (exact) mass is 296 g/mol. The number of nitrogens with two attached hydrogens (primary N) is 1. The molecule has 0 spiro atoms. The number of nitrogens with one attached hydrogen (secondary N) is 1. The minimum atomic E-state index is 0.00175. The van der Waals surface area contributed by atoms with E-state index in [4.69, 9.17) is 17.4 Å². The number of hydrazine groups is 1. The molecule has 3 N–H and O–H groups in total. The Labute approximate surface area is 126 Å². The fraction of sp³-hybridized carbons (Fsp3) is 0.667. The Hall–Kier alpha value is -0.680. The van der Waals surface area contributed by atoms with Crippen LogP contribution in [0.2, 0.25) is 5.02 Å². The van der Waals surface area contributed by atoms with Crippen molar-refractivity contribution in [3.05, 3.63) is 29.0 Å². The van der Waals surface area contributed by atoms with E-state index in [1.54, 1.807) is 12.4 Å². The van der Waals surface area contributed by atoms with Crippen molar-refractivity contribution in [2.24, 2.45) is 5.84 Å². The van der Waals surface area contributed by atoms with Crippen molar-refractivity contribution in [1.82, 2.24) is 15.3 Å². The van der Waals surface area contributed by atoms with Gasteiger partial charge in [0.15, 0.2) is 0 Å². The third-order valence-electron chi connectivity index (χ3n) is 4.51. The summed E-state index contributed by atoms with van der Waals surface area (Å²) in [5.74, 6) is 5.83. The van der Waals surface area contributed by atoms with E-state index in [1.807, 2.05) is 6.07 Å². The number of hydrogen-bond donors (Lipinski definition) is 2. The number of likely N-dealkylation sites (tertiary alicyclic amines) is 1. The van der Waals surface area contributed by atoms with Gasteiger partial charge in [-0.05, 0) is 57.8 Å². The Kier molecular flexibility index (Phi) is 5.38. The number of halogens is 1. The van der Waals surface area contributed by atoms with Gasteiger partial charge in [0.1, 0.15) is 0 Å². The smallest absolute Gasteiger partial charge is 0.0621 e. The van der Waals surface area contributed by atoms with Crippen molar-refractivity contribution < 1.29 is 0 Å². The highest BCUT2D eigenvalue weighted by Gasteiger charge is 2.35. The van der Waals surface area contributed by atoms with Crippen molar-refractivity contribution in [2.75, 3.05) is 13.1 Å². The van der Waals surface area contributed by atoms with Crippen LogP contribution in [0.3, 0.4) is 0 Å². The van der Waals surface area contributed by atoms with Crippen LogP contribution in [0.1, 0.15) is 38.7 Å². The van der Waals surface area contributed by atoms with Gasteiger partial charge in [-0.15, -0.1) is 0 Å². The van der Waals surface area contributed by atoms with Gasteiger partial charge in [-0.25, -0.2) is 0 Å². The Morgan fingerprint density at radius 3 is 2.70 bits per heavy atom. The Morgan fingerprint density at radius 1 is 1.40 bits per heavy atom. The maximum Gasteiger partial charge on any atom is 0.0621 e. The van der Waals surface area contributed by atoms with Gasteiger partial charge in [-0.3, -0.25) is 21.2 Å². The van der Waals surface area contributed by atoms with Crippen LogP contribution in [0.5, 0.6) is 0 Å². The largest absolute Gasteiger partial charge is 0.297 e. The first-order valence-electron chi connectivity index (χ1n) is 7.35. The minimum Gasteiger partial charge on any atom is -0.297 e. The number of aromatic nitrogens is 1. The van der Waals surface area contributed by atoms with Crippen LogP contribution in [-0.4, -0.2) is 34.6 Å². The van der Waals surface area contributed by atoms with Crippen LogP contribution in [0.25, 0.3) is 0 Å². The molecule has 2 heterocycles. The molecule has 0 radical (unpaired) electrons. The van der Waals surface area contributed by atoms with Gasteiger partial charge < -0.3 is 0 Å². The molecule has 1 aromatic rings. The van der Waals surface area contributed by atoms with E-state index in [-0.39, 0.29) is 11.6 Å². The summed E-state index contributed by atoms with van der Waals surface area (Å²) < 4.78 is 0. The summed E-state index contributed by atoms with van der Waals surface area (Å²) in [5.41, 5.74) is 4.09. The summed E-state index contributed by atoms with van der Waals surface area (Å²) in [6, 6.07) is 2.12. The normalized spacial score (nSPS) is 19.0. The molecule has 1 unspecified atom stereocenters. The first kappa shape index (κ1) is 15.7. The van der Waals surface area contributed by atoms with E-state index in [0.717, 1.165) is 25.1 Å². The Morgan fingerprint density at radius 2 is 2.10 bits per heavy atom. The lowest BCUT2D eigenvalue weighted by molar-refractivity contribution is 0.0611. The zero-order valence-electron chi connectivity index (χ0n) is 12.4. The predicted octanol–water partition coefficient (Wildman–Crippen LogP) is 2.37. The van der Waals surface area contributed by atoms with Crippen molar-refractivity contribution in [3.8, 4) is 0 Å². The maximum absolute atomic E-state index is 6.22. The average molecular weight is 297 g/mol. The fourth-order valence-electron chi connectivity index (χ4n) is 2.99. The molecule has 1 atom stereocenters. The molecule has 0 bridgehead atoms. The van der Waals surface area contributed by atoms with Crippen molar-refractivity contribution in [2.45, 2.75) is 51.1 Å². The molecule has 0 saturated carbocycles. The number of hydrogen-bond acceptors (Lipinski definition) is 4. The number of rotatable bonds is 5. The van der Waals surface area contributed by atoms with Gasteiger partial charge in [0.25, 0.3) is 0 Å². The first-order chi connectivity index (χ1) is 9.55. The Bertz CT molecular complexity index is 430. The van der Waals surface area contributed by atoms with Crippen LogP contribution in [0.15, 0.2) is 18.5 Å². The highest BCUT2D eigenvalue weighted by Crippen LogP contribution is 2.27. The average Bonchev–Trinajstić information content (AvgIpc) is 2.47. The van der Waals surface area contributed by atoms with Gasteiger partial charge in [-0.2, -0.15) is 0 Å². The van der Waals surface area contributed by atoms with E-state index in [9.17, 15) is 0 Å². The molecule has 1 fully saturated rings. The van der Waals surface area contributed by atoms with Gasteiger partial charge in [0, 0.05) is 24.0 Å². The summed E-state index contributed by atoms with van der Waals surface area (Å²) in [7, 11) is 0. The summed E-state index contributed by atoms with van der Waals surface area (Å²) in [6.45, 7) is 6.82. The van der Waals surface area contributed by atoms with Crippen molar-refractivity contribution in [1.29, 1.82) is 0 Å². The van der Waals surface area contributed by atoms with E-state index < -0.39 is 0 Å². The predicted molar refractivity (Wildman–Crippen MR) is 83.6 cm³/mol. The van der Waals surface area contributed by atoms with E-state index >= 15 is 0 Å². The fourth-order valence-corrected chi connectivity index (χ4v) is 3.19. The Balaban J connectivity index is 2.12. The van der Waals surface area contributed by atoms with Crippen LogP contribution in [-0.2, 0) is 6.42 Å². The van der Waals surface area contributed by atoms with Crippen molar-refractivity contribution in [3.63, 3.8) is 0 Å². The lowest BCUT2D eigenvalue weighted by Crippen LogP contribution is -2.61. The molecular formula is C15H25ClN4. The molecule has 0 aromatic carbocycles. The molecule has 0 amide bonds. The van der Waals surface area contributed by atoms with Crippen LogP contribution >= 0.6 is 11.6 Å². The first-order valence-corrected chi connectivity index (χ1v) is 7.73. The van der Waals surface area contributed by atoms with E-state index in [1.165, 1.54) is 19.3 Å². The number of piperidine rings is 1. The highest BCUT2D eigenvalue weighted by atomic mass is 35.5. The zero-order valence-corrected chi connectivity index (χ0v) is 13.2. The molecular weight excluding hydrogens is 272 g/mol. The molecule has 20 heavy (non-hydrogen) atoms. The van der Waals surface area contributed by atoms with E-state index in [0.29, 0.717) is 5.02 Å². The lowest BCUT2D eigenvalue weighted by Gasteiger charge is -2.46. The molecule has 2 rings (SSSR count). The summed E-state index contributed by atoms with van der Waals surface area (Å²) in [5, 5.41) is 0.710. The van der Waals surface area contributed by atoms with Gasteiger partial charge in [0.2, 0.25) is 0 Å². The zero-order chi connectivity index (χ0) is 14.6. The standard InChI is InChI=1S/C15H25ClN4/c1-15(2,20-8-4-3-5-9-20)14(19-17)10-12-6-7-18-11-13(12)16/h6-7,11,14,19H,3-5,8-10,17H2,1-2H3. The van der Waals surface area contributed by atoms with Crippen LogP contribution in [0, 0.1) is 0 Å². The molecule has 1 saturated heterocycles. The number of pyridine rings is 1.